The maximum atomic E-state index is 12.6. The number of carbonyl (C=O) groups excluding carboxylic acids is 3. The van der Waals surface area contributed by atoms with Gasteiger partial charge >= 0.3 is 11.9 Å². The average Bonchev–Trinajstić information content (AvgIpc) is 2.75. The van der Waals surface area contributed by atoms with Crippen molar-refractivity contribution >= 4 is 29.6 Å². The van der Waals surface area contributed by atoms with E-state index in [0.29, 0.717) is 5.56 Å². The maximum Gasteiger partial charge on any atom is 0.336 e. The highest BCUT2D eigenvalue weighted by Gasteiger charge is 2.31. The van der Waals surface area contributed by atoms with Crippen LogP contribution in [0.4, 0.5) is 5.69 Å². The molecule has 0 aliphatic heterocycles. The molecular formula is C20H18N2O7. The third-order valence-electron chi connectivity index (χ3n) is 3.91. The normalized spacial score (nSPS) is 11.9. The molecule has 0 spiro atoms. The number of esters is 2. The smallest absolute Gasteiger partial charge is 0.336 e. The van der Waals surface area contributed by atoms with Gasteiger partial charge in [0.05, 0.1) is 24.7 Å². The number of carbonyl (C=O) groups is 3. The highest BCUT2D eigenvalue weighted by atomic mass is 16.6. The van der Waals surface area contributed by atoms with E-state index in [1.54, 1.807) is 30.3 Å². The highest BCUT2D eigenvalue weighted by Crippen LogP contribution is 2.16. The van der Waals surface area contributed by atoms with Gasteiger partial charge in [0.15, 0.2) is 6.04 Å². The van der Waals surface area contributed by atoms with Gasteiger partial charge in [0.2, 0.25) is 0 Å². The van der Waals surface area contributed by atoms with E-state index in [1.165, 1.54) is 18.2 Å². The molecule has 9 nitrogen and oxygen atoms in total. The molecule has 0 fully saturated rings. The van der Waals surface area contributed by atoms with E-state index in [9.17, 15) is 24.5 Å². The summed E-state index contributed by atoms with van der Waals surface area (Å²) >= 11 is 0. The van der Waals surface area contributed by atoms with Crippen LogP contribution in [0.1, 0.15) is 15.9 Å². The number of methoxy groups -OCH3 is 2. The zero-order valence-electron chi connectivity index (χ0n) is 15.7. The van der Waals surface area contributed by atoms with Crippen LogP contribution in [-0.4, -0.2) is 43.0 Å². The number of nitro groups is 1. The lowest BCUT2D eigenvalue weighted by molar-refractivity contribution is -0.384. The Bertz CT molecular complexity index is 937. The summed E-state index contributed by atoms with van der Waals surface area (Å²) in [5.41, 5.74) is 0.339. The predicted molar refractivity (Wildman–Crippen MR) is 103 cm³/mol. The standard InChI is InChI=1S/C20H18N2O7/c1-28-19(24)16(12-13-6-4-3-5-7-13)17(20(25)29-2)21-18(23)14-8-10-15(11-9-14)22(26)27/h3-12,17H,1-2H3,(H,21,23)/b16-12+. The number of rotatable bonds is 7. The van der Waals surface area contributed by atoms with Crippen molar-refractivity contribution in [2.45, 2.75) is 6.04 Å². The average molecular weight is 398 g/mol. The summed E-state index contributed by atoms with van der Waals surface area (Å²) in [6.07, 6.45) is 1.41. The van der Waals surface area contributed by atoms with Crippen LogP contribution in [0, 0.1) is 10.1 Å². The van der Waals surface area contributed by atoms with Gasteiger partial charge in [-0.2, -0.15) is 0 Å². The van der Waals surface area contributed by atoms with Crippen molar-refractivity contribution < 1.29 is 28.8 Å². The lowest BCUT2D eigenvalue weighted by atomic mass is 10.0. The van der Waals surface area contributed by atoms with Crippen LogP contribution in [0.5, 0.6) is 0 Å². The largest absolute Gasteiger partial charge is 0.467 e. The molecular weight excluding hydrogens is 380 g/mol. The van der Waals surface area contributed by atoms with Crippen LogP contribution < -0.4 is 5.32 Å². The van der Waals surface area contributed by atoms with Crippen molar-refractivity contribution in [2.24, 2.45) is 0 Å². The number of non-ortho nitro benzene ring substituents is 1. The summed E-state index contributed by atoms with van der Waals surface area (Å²) in [6.45, 7) is 0. The molecule has 9 heteroatoms. The number of hydrogen-bond acceptors (Lipinski definition) is 7. The first kappa shape index (κ1) is 21.3. The molecule has 0 aromatic heterocycles. The summed E-state index contributed by atoms with van der Waals surface area (Å²) < 4.78 is 9.47. The minimum Gasteiger partial charge on any atom is -0.467 e. The van der Waals surface area contributed by atoms with Crippen LogP contribution in [0.2, 0.25) is 0 Å². The molecule has 1 atom stereocenters. The van der Waals surface area contributed by atoms with Crippen molar-refractivity contribution in [1.29, 1.82) is 0 Å². The number of nitrogens with one attached hydrogen (secondary N) is 1. The zero-order valence-corrected chi connectivity index (χ0v) is 15.7. The van der Waals surface area contributed by atoms with Gasteiger partial charge in [0.1, 0.15) is 0 Å². The number of nitrogens with zero attached hydrogens (tertiary/aromatic N) is 1. The van der Waals surface area contributed by atoms with E-state index in [-0.39, 0.29) is 16.8 Å². The summed E-state index contributed by atoms with van der Waals surface area (Å²) in [7, 11) is 2.26. The molecule has 1 amide bonds. The molecule has 150 valence electrons. The fraction of sp³-hybridized carbons (Fsp3) is 0.150. The van der Waals surface area contributed by atoms with E-state index >= 15 is 0 Å². The Morgan fingerprint density at radius 1 is 1.00 bits per heavy atom. The van der Waals surface area contributed by atoms with E-state index in [4.69, 9.17) is 9.47 Å². The molecule has 0 saturated heterocycles. The summed E-state index contributed by atoms with van der Waals surface area (Å²) in [6, 6.07) is 12.0. The minimum absolute atomic E-state index is 0.0634. The molecule has 0 bridgehead atoms. The van der Waals surface area contributed by atoms with Gasteiger partial charge in [-0.25, -0.2) is 9.59 Å². The molecule has 2 aromatic rings. The van der Waals surface area contributed by atoms with Crippen LogP contribution in [0.3, 0.4) is 0 Å². The van der Waals surface area contributed by atoms with Crippen molar-refractivity contribution in [2.75, 3.05) is 14.2 Å². The van der Waals surface area contributed by atoms with Crippen molar-refractivity contribution in [3.8, 4) is 0 Å². The Kier molecular flexibility index (Phi) is 7.19. The number of nitro benzene ring substituents is 1. The summed E-state index contributed by atoms with van der Waals surface area (Å²) in [5.74, 6) is -2.43. The third-order valence-corrected chi connectivity index (χ3v) is 3.91. The molecule has 0 saturated carbocycles. The zero-order chi connectivity index (χ0) is 21.4. The van der Waals surface area contributed by atoms with Gasteiger partial charge < -0.3 is 14.8 Å². The first-order valence-corrected chi connectivity index (χ1v) is 8.35. The van der Waals surface area contributed by atoms with Crippen molar-refractivity contribution in [1.82, 2.24) is 5.32 Å². The predicted octanol–water partition coefficient (Wildman–Crippen LogP) is 2.12. The van der Waals surface area contributed by atoms with E-state index in [1.807, 2.05) is 0 Å². The van der Waals surface area contributed by atoms with E-state index in [2.05, 4.69) is 5.32 Å². The Morgan fingerprint density at radius 2 is 1.62 bits per heavy atom. The lowest BCUT2D eigenvalue weighted by Crippen LogP contribution is -2.44. The minimum atomic E-state index is -1.45. The van der Waals surface area contributed by atoms with Crippen molar-refractivity contribution in [3.63, 3.8) is 0 Å². The molecule has 29 heavy (non-hydrogen) atoms. The molecule has 0 heterocycles. The Hall–Kier alpha value is -4.01. The monoisotopic (exact) mass is 398 g/mol. The Labute approximate surface area is 166 Å². The summed E-state index contributed by atoms with van der Waals surface area (Å²) in [5, 5.41) is 13.2. The molecule has 0 aliphatic rings. The fourth-order valence-corrected chi connectivity index (χ4v) is 2.44. The quantitative estimate of drug-likeness (QED) is 0.328. The molecule has 2 aromatic carbocycles. The fourth-order valence-electron chi connectivity index (χ4n) is 2.44. The van der Waals surface area contributed by atoms with Gasteiger partial charge in [-0.05, 0) is 23.8 Å². The number of amides is 1. The van der Waals surface area contributed by atoms with Crippen LogP contribution >= 0.6 is 0 Å². The van der Waals surface area contributed by atoms with E-state index < -0.39 is 28.8 Å². The van der Waals surface area contributed by atoms with Gasteiger partial charge in [0.25, 0.3) is 11.6 Å². The van der Waals surface area contributed by atoms with Crippen LogP contribution in [0.15, 0.2) is 60.2 Å². The molecule has 1 N–H and O–H groups in total. The third kappa shape index (κ3) is 5.48. The SMILES string of the molecule is COC(=O)/C(=C/c1ccccc1)C(NC(=O)c1ccc([N+](=O)[O-])cc1)C(=O)OC. The lowest BCUT2D eigenvalue weighted by Gasteiger charge is -2.18. The first-order chi connectivity index (χ1) is 13.9. The number of benzene rings is 2. The Morgan fingerprint density at radius 3 is 2.14 bits per heavy atom. The number of hydrogen-bond donors (Lipinski definition) is 1. The topological polar surface area (TPSA) is 125 Å². The highest BCUT2D eigenvalue weighted by molar-refractivity contribution is 6.05. The van der Waals surface area contributed by atoms with Crippen LogP contribution in [-0.2, 0) is 19.1 Å². The molecule has 0 radical (unpaired) electrons. The second-order valence-corrected chi connectivity index (χ2v) is 5.74. The van der Waals surface area contributed by atoms with Gasteiger partial charge in [-0.15, -0.1) is 0 Å². The molecule has 2 rings (SSSR count). The van der Waals surface area contributed by atoms with Crippen molar-refractivity contribution in [3.05, 3.63) is 81.4 Å². The summed E-state index contributed by atoms with van der Waals surface area (Å²) in [4.78, 5) is 47.3. The van der Waals surface area contributed by atoms with Crippen LogP contribution in [0.25, 0.3) is 6.08 Å². The number of ether oxygens (including phenoxy) is 2. The van der Waals surface area contributed by atoms with E-state index in [0.717, 1.165) is 26.4 Å². The van der Waals surface area contributed by atoms with Gasteiger partial charge in [0, 0.05) is 17.7 Å². The molecule has 1 unspecified atom stereocenters. The van der Waals surface area contributed by atoms with Gasteiger partial charge in [-0.3, -0.25) is 14.9 Å². The second kappa shape index (κ2) is 9.79. The Balaban J connectivity index is 2.38. The maximum absolute atomic E-state index is 12.6. The van der Waals surface area contributed by atoms with Gasteiger partial charge in [-0.1, -0.05) is 30.3 Å². The second-order valence-electron chi connectivity index (χ2n) is 5.74. The first-order valence-electron chi connectivity index (χ1n) is 8.35. The molecule has 0 aliphatic carbocycles.